The van der Waals surface area contributed by atoms with Gasteiger partial charge in [0.15, 0.2) is 0 Å². The van der Waals surface area contributed by atoms with E-state index in [0.717, 1.165) is 12.8 Å². The molecule has 0 unspecified atom stereocenters. The molecule has 2 N–H and O–H groups in total. The molecule has 2 heteroatoms. The zero-order valence-electron chi connectivity index (χ0n) is 6.11. The first-order chi connectivity index (χ1) is 4.06. The molecule has 0 aliphatic rings. The van der Waals surface area contributed by atoms with Gasteiger partial charge in [0.1, 0.15) is 0 Å². The van der Waals surface area contributed by atoms with E-state index in [1.54, 1.807) is 0 Å². The SMILES string of the molecule is [CH2]C(CC)(CC)C(N)=O. The van der Waals surface area contributed by atoms with Crippen LogP contribution in [0.3, 0.4) is 0 Å². The van der Waals surface area contributed by atoms with Crippen molar-refractivity contribution in [1.82, 2.24) is 0 Å². The van der Waals surface area contributed by atoms with Crippen molar-refractivity contribution < 1.29 is 4.79 Å². The summed E-state index contributed by atoms with van der Waals surface area (Å²) in [6.07, 6.45) is 1.44. The van der Waals surface area contributed by atoms with Crippen LogP contribution in [0.25, 0.3) is 0 Å². The first-order valence-electron chi connectivity index (χ1n) is 3.22. The second-order valence-corrected chi connectivity index (χ2v) is 2.35. The number of rotatable bonds is 3. The summed E-state index contributed by atoms with van der Waals surface area (Å²) in [6.45, 7) is 7.57. The molecule has 0 rings (SSSR count). The molecule has 0 saturated heterocycles. The Hall–Kier alpha value is -0.530. The van der Waals surface area contributed by atoms with Crippen LogP contribution in [-0.4, -0.2) is 5.91 Å². The number of carbonyl (C=O) groups excluding carboxylic acids is 1. The van der Waals surface area contributed by atoms with Crippen LogP contribution in [-0.2, 0) is 4.79 Å². The molecule has 0 bridgehead atoms. The molecule has 0 saturated carbocycles. The Balaban J connectivity index is 4.09. The highest BCUT2D eigenvalue weighted by atomic mass is 16.1. The molecule has 1 amide bonds. The van der Waals surface area contributed by atoms with Crippen molar-refractivity contribution in [1.29, 1.82) is 0 Å². The smallest absolute Gasteiger partial charge is 0.223 e. The van der Waals surface area contributed by atoms with Gasteiger partial charge in [-0.15, -0.1) is 0 Å². The van der Waals surface area contributed by atoms with Gasteiger partial charge < -0.3 is 5.73 Å². The zero-order chi connectivity index (χ0) is 7.49. The average molecular weight is 128 g/mol. The number of hydrogen-bond donors (Lipinski definition) is 1. The van der Waals surface area contributed by atoms with E-state index < -0.39 is 5.41 Å². The maximum absolute atomic E-state index is 10.6. The highest BCUT2D eigenvalue weighted by molar-refractivity contribution is 5.81. The Labute approximate surface area is 56.4 Å². The second kappa shape index (κ2) is 2.85. The fourth-order valence-corrected chi connectivity index (χ4v) is 0.598. The summed E-state index contributed by atoms with van der Waals surface area (Å²) in [5, 5.41) is 0. The molecular formula is C7H14NO. The van der Waals surface area contributed by atoms with E-state index in [9.17, 15) is 4.79 Å². The van der Waals surface area contributed by atoms with E-state index in [4.69, 9.17) is 5.73 Å². The molecule has 2 nitrogen and oxygen atoms in total. The van der Waals surface area contributed by atoms with E-state index >= 15 is 0 Å². The number of hydrogen-bond acceptors (Lipinski definition) is 1. The van der Waals surface area contributed by atoms with Crippen LogP contribution in [0.4, 0.5) is 0 Å². The molecular weight excluding hydrogens is 114 g/mol. The van der Waals surface area contributed by atoms with Gasteiger partial charge in [-0.25, -0.2) is 0 Å². The van der Waals surface area contributed by atoms with Gasteiger partial charge in [-0.3, -0.25) is 4.79 Å². The van der Waals surface area contributed by atoms with Gasteiger partial charge >= 0.3 is 0 Å². The van der Waals surface area contributed by atoms with Crippen LogP contribution in [0.1, 0.15) is 26.7 Å². The Morgan fingerprint density at radius 3 is 1.89 bits per heavy atom. The molecule has 0 aliphatic heterocycles. The third kappa shape index (κ3) is 1.70. The Morgan fingerprint density at radius 2 is 1.89 bits per heavy atom. The van der Waals surface area contributed by atoms with Crippen LogP contribution < -0.4 is 5.73 Å². The maximum Gasteiger partial charge on any atom is 0.223 e. The monoisotopic (exact) mass is 128 g/mol. The average Bonchev–Trinajstić information content (AvgIpc) is 1.86. The Morgan fingerprint density at radius 1 is 1.56 bits per heavy atom. The van der Waals surface area contributed by atoms with E-state index in [1.807, 2.05) is 13.8 Å². The fourth-order valence-electron chi connectivity index (χ4n) is 0.598. The molecule has 0 aliphatic carbocycles. The third-order valence-electron chi connectivity index (χ3n) is 1.88. The van der Waals surface area contributed by atoms with Crippen LogP contribution >= 0.6 is 0 Å². The maximum atomic E-state index is 10.6. The predicted molar refractivity (Wildman–Crippen MR) is 37.6 cm³/mol. The van der Waals surface area contributed by atoms with E-state index in [1.165, 1.54) is 0 Å². The zero-order valence-corrected chi connectivity index (χ0v) is 6.11. The summed E-state index contributed by atoms with van der Waals surface area (Å²) in [6, 6.07) is 0. The summed E-state index contributed by atoms with van der Waals surface area (Å²) in [7, 11) is 0. The lowest BCUT2D eigenvalue weighted by Gasteiger charge is -2.20. The van der Waals surface area contributed by atoms with Gasteiger partial charge in [0, 0.05) is 5.41 Å². The molecule has 53 valence electrons. The highest BCUT2D eigenvalue weighted by Crippen LogP contribution is 2.23. The Bertz CT molecular complexity index is 105. The van der Waals surface area contributed by atoms with Gasteiger partial charge in [0.2, 0.25) is 5.91 Å². The molecule has 1 radical (unpaired) electrons. The van der Waals surface area contributed by atoms with E-state index in [0.29, 0.717) is 0 Å². The minimum absolute atomic E-state index is 0.299. The van der Waals surface area contributed by atoms with Crippen molar-refractivity contribution in [2.45, 2.75) is 26.7 Å². The van der Waals surface area contributed by atoms with Crippen molar-refractivity contribution in [3.63, 3.8) is 0 Å². The fraction of sp³-hybridized carbons (Fsp3) is 0.714. The number of nitrogens with two attached hydrogens (primary N) is 1. The summed E-state index contributed by atoms with van der Waals surface area (Å²) < 4.78 is 0. The quantitative estimate of drug-likeness (QED) is 0.608. The summed E-state index contributed by atoms with van der Waals surface area (Å²) >= 11 is 0. The molecule has 0 aromatic heterocycles. The van der Waals surface area contributed by atoms with Crippen molar-refractivity contribution in [2.75, 3.05) is 0 Å². The van der Waals surface area contributed by atoms with Crippen molar-refractivity contribution in [2.24, 2.45) is 11.1 Å². The van der Waals surface area contributed by atoms with Gasteiger partial charge in [-0.05, 0) is 19.8 Å². The topological polar surface area (TPSA) is 43.1 Å². The van der Waals surface area contributed by atoms with Gasteiger partial charge in [-0.2, -0.15) is 0 Å². The summed E-state index contributed by atoms with van der Waals surface area (Å²) in [5.41, 5.74) is 4.56. The van der Waals surface area contributed by atoms with Gasteiger partial charge in [-0.1, -0.05) is 13.8 Å². The van der Waals surface area contributed by atoms with Gasteiger partial charge in [0.05, 0.1) is 0 Å². The highest BCUT2D eigenvalue weighted by Gasteiger charge is 2.25. The third-order valence-corrected chi connectivity index (χ3v) is 1.88. The Kier molecular flexibility index (Phi) is 2.68. The standard InChI is InChI=1S/C7H14NO/c1-4-7(3,5-2)6(8)9/h3-5H2,1-2H3,(H2,8,9). The van der Waals surface area contributed by atoms with Crippen molar-refractivity contribution in [3.05, 3.63) is 6.92 Å². The van der Waals surface area contributed by atoms with E-state index in [2.05, 4.69) is 6.92 Å². The molecule has 0 spiro atoms. The largest absolute Gasteiger partial charge is 0.369 e. The van der Waals surface area contributed by atoms with Gasteiger partial charge in [0.25, 0.3) is 0 Å². The van der Waals surface area contributed by atoms with Crippen LogP contribution in [0, 0.1) is 12.3 Å². The molecule has 0 heterocycles. The minimum Gasteiger partial charge on any atom is -0.369 e. The number of primary amides is 1. The van der Waals surface area contributed by atoms with Crippen molar-refractivity contribution >= 4 is 5.91 Å². The second-order valence-electron chi connectivity index (χ2n) is 2.35. The lowest BCUT2D eigenvalue weighted by Crippen LogP contribution is -2.33. The molecule has 9 heavy (non-hydrogen) atoms. The molecule has 0 atom stereocenters. The number of amides is 1. The molecule has 0 aromatic carbocycles. The van der Waals surface area contributed by atoms with Crippen molar-refractivity contribution in [3.8, 4) is 0 Å². The molecule has 0 fully saturated rings. The molecule has 0 aromatic rings. The van der Waals surface area contributed by atoms with Crippen LogP contribution in [0.2, 0.25) is 0 Å². The lowest BCUT2D eigenvalue weighted by atomic mass is 9.84. The van der Waals surface area contributed by atoms with Crippen LogP contribution in [0.15, 0.2) is 0 Å². The normalized spacial score (nSPS) is 11.4. The van der Waals surface area contributed by atoms with Crippen LogP contribution in [0.5, 0.6) is 0 Å². The summed E-state index contributed by atoms with van der Waals surface area (Å²) in [4.78, 5) is 10.6. The number of carbonyl (C=O) groups is 1. The lowest BCUT2D eigenvalue weighted by molar-refractivity contribution is -0.125. The summed E-state index contributed by atoms with van der Waals surface area (Å²) in [5.74, 6) is -0.299. The predicted octanol–water partition coefficient (Wildman–Crippen LogP) is 1.11. The van der Waals surface area contributed by atoms with E-state index in [-0.39, 0.29) is 5.91 Å². The first-order valence-corrected chi connectivity index (χ1v) is 3.22. The minimum atomic E-state index is -0.528. The first kappa shape index (κ1) is 8.47.